The van der Waals surface area contributed by atoms with E-state index in [1.807, 2.05) is 6.92 Å². The number of rotatable bonds is 7. The van der Waals surface area contributed by atoms with E-state index in [-0.39, 0.29) is 18.0 Å². The number of thiophene rings is 1. The first-order valence-electron chi connectivity index (χ1n) is 6.62. The number of hydrogen-bond acceptors (Lipinski definition) is 3. The molecule has 0 spiro atoms. The summed E-state index contributed by atoms with van der Waals surface area (Å²) in [6, 6.07) is 4.73. The van der Waals surface area contributed by atoms with E-state index in [0.717, 1.165) is 12.8 Å². The Labute approximate surface area is 114 Å². The quantitative estimate of drug-likeness (QED) is 0.798. The predicted octanol–water partition coefficient (Wildman–Crippen LogP) is 3.01. The van der Waals surface area contributed by atoms with E-state index in [1.54, 1.807) is 11.3 Å². The lowest BCUT2D eigenvalue weighted by atomic mass is 10.2. The summed E-state index contributed by atoms with van der Waals surface area (Å²) in [7, 11) is 0. The topological polar surface area (TPSA) is 41.1 Å². The van der Waals surface area contributed by atoms with Crippen molar-refractivity contribution in [3.63, 3.8) is 0 Å². The van der Waals surface area contributed by atoms with E-state index in [2.05, 4.69) is 43.5 Å². The molecule has 1 amide bonds. The smallest absolute Gasteiger partial charge is 0.234 e. The molecule has 1 aromatic rings. The first-order chi connectivity index (χ1) is 8.52. The monoisotopic (exact) mass is 268 g/mol. The predicted molar refractivity (Wildman–Crippen MR) is 78.0 cm³/mol. The molecular formula is C14H24N2OS. The van der Waals surface area contributed by atoms with Crippen LogP contribution >= 0.6 is 11.3 Å². The molecular weight excluding hydrogens is 244 g/mol. The molecule has 2 N–H and O–H groups in total. The van der Waals surface area contributed by atoms with Crippen LogP contribution in [-0.2, 0) is 4.79 Å². The fourth-order valence-electron chi connectivity index (χ4n) is 1.86. The number of nitrogens with one attached hydrogen (secondary N) is 2. The maximum atomic E-state index is 11.7. The van der Waals surface area contributed by atoms with Crippen molar-refractivity contribution in [1.29, 1.82) is 0 Å². The summed E-state index contributed by atoms with van der Waals surface area (Å²) in [4.78, 5) is 14.3. The van der Waals surface area contributed by atoms with Crippen molar-refractivity contribution in [2.75, 3.05) is 6.54 Å². The summed E-state index contributed by atoms with van der Waals surface area (Å²) in [5.41, 5.74) is 0. The van der Waals surface area contributed by atoms with Crippen molar-refractivity contribution in [3.05, 3.63) is 21.9 Å². The first-order valence-corrected chi connectivity index (χ1v) is 7.43. The number of carbonyl (C=O) groups excluding carboxylic acids is 1. The summed E-state index contributed by atoms with van der Waals surface area (Å²) in [6.07, 6.45) is 2.13. The largest absolute Gasteiger partial charge is 0.353 e. The molecule has 0 saturated heterocycles. The molecule has 4 heteroatoms. The molecule has 0 aliphatic heterocycles. The van der Waals surface area contributed by atoms with Crippen molar-refractivity contribution in [2.45, 2.75) is 52.6 Å². The second-order valence-corrected chi connectivity index (χ2v) is 6.13. The van der Waals surface area contributed by atoms with Gasteiger partial charge in [-0.15, -0.1) is 11.3 Å². The lowest BCUT2D eigenvalue weighted by Crippen LogP contribution is -2.39. The molecule has 18 heavy (non-hydrogen) atoms. The standard InChI is InChI=1S/C14H24N2OS/c1-5-6-10(2)16-14(17)9-15-12(4)13-8-7-11(3)18-13/h7-8,10,12,15H,5-6,9H2,1-4H3,(H,16,17). The van der Waals surface area contributed by atoms with Crippen molar-refractivity contribution < 1.29 is 4.79 Å². The minimum Gasteiger partial charge on any atom is -0.353 e. The normalized spacial score (nSPS) is 14.2. The minimum atomic E-state index is 0.0797. The summed E-state index contributed by atoms with van der Waals surface area (Å²) < 4.78 is 0. The minimum absolute atomic E-state index is 0.0797. The highest BCUT2D eigenvalue weighted by molar-refractivity contribution is 7.12. The lowest BCUT2D eigenvalue weighted by Gasteiger charge is -2.15. The Morgan fingerprint density at radius 1 is 1.39 bits per heavy atom. The van der Waals surface area contributed by atoms with E-state index >= 15 is 0 Å². The van der Waals surface area contributed by atoms with Crippen LogP contribution in [0, 0.1) is 6.92 Å². The van der Waals surface area contributed by atoms with Gasteiger partial charge in [-0.1, -0.05) is 13.3 Å². The second-order valence-electron chi connectivity index (χ2n) is 4.81. The summed E-state index contributed by atoms with van der Waals surface area (Å²) in [6.45, 7) is 8.75. The fraction of sp³-hybridized carbons (Fsp3) is 0.643. The third-order valence-corrected chi connectivity index (χ3v) is 4.07. The second kappa shape index (κ2) is 7.54. The molecule has 0 saturated carbocycles. The molecule has 0 aliphatic carbocycles. The zero-order valence-corrected chi connectivity index (χ0v) is 12.6. The van der Waals surface area contributed by atoms with Gasteiger partial charge in [0.05, 0.1) is 6.54 Å². The lowest BCUT2D eigenvalue weighted by molar-refractivity contribution is -0.121. The highest BCUT2D eigenvalue weighted by Gasteiger charge is 2.10. The Kier molecular flexibility index (Phi) is 6.36. The van der Waals surface area contributed by atoms with Crippen LogP contribution in [0.4, 0.5) is 0 Å². The van der Waals surface area contributed by atoms with Crippen LogP contribution in [-0.4, -0.2) is 18.5 Å². The van der Waals surface area contributed by atoms with E-state index in [0.29, 0.717) is 6.54 Å². The molecule has 1 aromatic heterocycles. The number of hydrogen-bond donors (Lipinski definition) is 2. The fourth-order valence-corrected chi connectivity index (χ4v) is 2.77. The SMILES string of the molecule is CCCC(C)NC(=O)CNC(C)c1ccc(C)s1. The van der Waals surface area contributed by atoms with Crippen LogP contribution in [0.25, 0.3) is 0 Å². The van der Waals surface area contributed by atoms with E-state index in [4.69, 9.17) is 0 Å². The summed E-state index contributed by atoms with van der Waals surface area (Å²) in [5, 5.41) is 6.25. The van der Waals surface area contributed by atoms with Crippen LogP contribution < -0.4 is 10.6 Å². The average molecular weight is 268 g/mol. The third-order valence-electron chi connectivity index (χ3n) is 2.89. The summed E-state index contributed by atoms with van der Waals surface area (Å²) >= 11 is 1.78. The van der Waals surface area contributed by atoms with Crippen LogP contribution in [0.1, 0.15) is 49.4 Å². The maximum Gasteiger partial charge on any atom is 0.234 e. The van der Waals surface area contributed by atoms with Gasteiger partial charge in [-0.25, -0.2) is 0 Å². The van der Waals surface area contributed by atoms with E-state index < -0.39 is 0 Å². The molecule has 0 fully saturated rings. The number of aryl methyl sites for hydroxylation is 1. The maximum absolute atomic E-state index is 11.7. The molecule has 1 rings (SSSR count). The van der Waals surface area contributed by atoms with Crippen molar-refractivity contribution in [2.24, 2.45) is 0 Å². The van der Waals surface area contributed by atoms with Gasteiger partial charge in [0.1, 0.15) is 0 Å². The Bertz CT molecular complexity index is 376. The van der Waals surface area contributed by atoms with Crippen LogP contribution in [0.2, 0.25) is 0 Å². The highest BCUT2D eigenvalue weighted by Crippen LogP contribution is 2.21. The van der Waals surface area contributed by atoms with Crippen LogP contribution in [0.5, 0.6) is 0 Å². The molecule has 0 aromatic carbocycles. The van der Waals surface area contributed by atoms with E-state index in [1.165, 1.54) is 9.75 Å². The first kappa shape index (κ1) is 15.2. The average Bonchev–Trinajstić information content (AvgIpc) is 2.73. The highest BCUT2D eigenvalue weighted by atomic mass is 32.1. The molecule has 1 heterocycles. The van der Waals surface area contributed by atoms with Gasteiger partial charge >= 0.3 is 0 Å². The Hall–Kier alpha value is -0.870. The van der Waals surface area contributed by atoms with Crippen molar-refractivity contribution >= 4 is 17.2 Å². The van der Waals surface area contributed by atoms with Gasteiger partial charge in [0.15, 0.2) is 0 Å². The van der Waals surface area contributed by atoms with Crippen LogP contribution in [0.15, 0.2) is 12.1 Å². The van der Waals surface area contributed by atoms with Gasteiger partial charge < -0.3 is 10.6 Å². The molecule has 0 radical (unpaired) electrons. The Balaban J connectivity index is 2.30. The summed E-state index contributed by atoms with van der Waals surface area (Å²) in [5.74, 6) is 0.0797. The Morgan fingerprint density at radius 3 is 2.67 bits per heavy atom. The zero-order chi connectivity index (χ0) is 13.5. The van der Waals surface area contributed by atoms with Gasteiger partial charge in [0.2, 0.25) is 5.91 Å². The number of carbonyl (C=O) groups is 1. The van der Waals surface area contributed by atoms with Gasteiger partial charge in [-0.05, 0) is 39.3 Å². The molecule has 2 atom stereocenters. The third kappa shape index (κ3) is 5.19. The zero-order valence-electron chi connectivity index (χ0n) is 11.7. The molecule has 2 unspecified atom stereocenters. The number of amides is 1. The van der Waals surface area contributed by atoms with Gasteiger partial charge in [0.25, 0.3) is 0 Å². The molecule has 3 nitrogen and oxygen atoms in total. The van der Waals surface area contributed by atoms with Gasteiger partial charge in [-0.2, -0.15) is 0 Å². The van der Waals surface area contributed by atoms with E-state index in [9.17, 15) is 4.79 Å². The Morgan fingerprint density at radius 2 is 2.11 bits per heavy atom. The van der Waals surface area contributed by atoms with Crippen LogP contribution in [0.3, 0.4) is 0 Å². The molecule has 102 valence electrons. The van der Waals surface area contributed by atoms with Gasteiger partial charge in [0, 0.05) is 21.8 Å². The van der Waals surface area contributed by atoms with Gasteiger partial charge in [-0.3, -0.25) is 4.79 Å². The molecule has 0 bridgehead atoms. The molecule has 0 aliphatic rings. The van der Waals surface area contributed by atoms with Crippen molar-refractivity contribution in [3.8, 4) is 0 Å². The van der Waals surface area contributed by atoms with Crippen molar-refractivity contribution in [1.82, 2.24) is 10.6 Å².